The predicted molar refractivity (Wildman–Crippen MR) is 125 cm³/mol. The molecular weight excluding hydrogens is 410 g/mol. The van der Waals surface area contributed by atoms with Crippen molar-refractivity contribution in [3.63, 3.8) is 0 Å². The molecule has 0 radical (unpaired) electrons. The molecule has 2 N–H and O–H groups in total. The van der Waals surface area contributed by atoms with Gasteiger partial charge in [-0.1, -0.05) is 30.3 Å². The van der Waals surface area contributed by atoms with Crippen LogP contribution >= 0.6 is 11.8 Å². The molecule has 1 aliphatic heterocycles. The van der Waals surface area contributed by atoms with Crippen LogP contribution in [0.5, 0.6) is 5.75 Å². The Morgan fingerprint density at radius 3 is 2.77 bits per heavy atom. The number of fused-ring (bicyclic) bond motifs is 3. The minimum atomic E-state index is -0.573. The third-order valence-corrected chi connectivity index (χ3v) is 6.40. The van der Waals surface area contributed by atoms with E-state index < -0.39 is 6.04 Å². The van der Waals surface area contributed by atoms with Crippen molar-refractivity contribution < 1.29 is 14.3 Å². The second kappa shape index (κ2) is 9.47. The van der Waals surface area contributed by atoms with Crippen LogP contribution in [0.4, 0.5) is 0 Å². The maximum atomic E-state index is 13.5. The first-order valence-electron chi connectivity index (χ1n) is 10.4. The van der Waals surface area contributed by atoms with E-state index in [2.05, 4.69) is 22.4 Å². The lowest BCUT2D eigenvalue weighted by Crippen LogP contribution is -2.50. The fourth-order valence-electron chi connectivity index (χ4n) is 4.14. The molecule has 0 saturated heterocycles. The van der Waals surface area contributed by atoms with E-state index in [0.717, 1.165) is 23.1 Å². The number of thioether (sulfide) groups is 1. The van der Waals surface area contributed by atoms with Crippen molar-refractivity contribution >= 4 is 34.5 Å². The Labute approximate surface area is 186 Å². The lowest BCUT2D eigenvalue weighted by molar-refractivity contribution is -0.134. The van der Waals surface area contributed by atoms with Crippen molar-refractivity contribution in [2.24, 2.45) is 0 Å². The maximum absolute atomic E-state index is 13.5. The molecule has 0 saturated carbocycles. The van der Waals surface area contributed by atoms with Crippen LogP contribution in [0.2, 0.25) is 0 Å². The molecule has 31 heavy (non-hydrogen) atoms. The van der Waals surface area contributed by atoms with Gasteiger partial charge < -0.3 is 19.9 Å². The number of hydrogen-bond donors (Lipinski definition) is 2. The molecule has 2 heterocycles. The van der Waals surface area contributed by atoms with E-state index in [1.54, 1.807) is 30.0 Å². The highest BCUT2D eigenvalue weighted by molar-refractivity contribution is 7.98. The van der Waals surface area contributed by atoms with Crippen molar-refractivity contribution in [2.45, 2.75) is 25.4 Å². The highest BCUT2D eigenvalue weighted by Gasteiger charge is 2.30. The Morgan fingerprint density at radius 2 is 1.97 bits per heavy atom. The summed E-state index contributed by atoms with van der Waals surface area (Å²) in [6.45, 7) is 1.19. The molecule has 0 unspecified atom stereocenters. The molecule has 0 fully saturated rings. The van der Waals surface area contributed by atoms with Crippen LogP contribution < -0.4 is 10.1 Å². The summed E-state index contributed by atoms with van der Waals surface area (Å²) in [5, 5.41) is 4.12. The number of nitrogens with one attached hydrogen (secondary N) is 2. The number of amides is 2. The zero-order valence-electron chi connectivity index (χ0n) is 17.8. The van der Waals surface area contributed by atoms with Crippen LogP contribution in [0.15, 0.2) is 48.5 Å². The largest absolute Gasteiger partial charge is 0.496 e. The van der Waals surface area contributed by atoms with Gasteiger partial charge in [-0.05, 0) is 36.6 Å². The maximum Gasteiger partial charge on any atom is 0.255 e. The van der Waals surface area contributed by atoms with Gasteiger partial charge in [0.25, 0.3) is 5.91 Å². The topological polar surface area (TPSA) is 74.4 Å². The van der Waals surface area contributed by atoms with Gasteiger partial charge in [0.2, 0.25) is 5.91 Å². The zero-order valence-corrected chi connectivity index (χ0v) is 18.6. The Morgan fingerprint density at radius 1 is 1.19 bits per heavy atom. The third kappa shape index (κ3) is 4.42. The minimum Gasteiger partial charge on any atom is -0.496 e. The summed E-state index contributed by atoms with van der Waals surface area (Å²) in [4.78, 5) is 31.7. The van der Waals surface area contributed by atoms with Crippen LogP contribution in [-0.2, 0) is 17.8 Å². The molecule has 1 aromatic heterocycles. The molecule has 7 heteroatoms. The van der Waals surface area contributed by atoms with Gasteiger partial charge in [0.1, 0.15) is 11.8 Å². The van der Waals surface area contributed by atoms with Crippen molar-refractivity contribution in [3.8, 4) is 5.75 Å². The number of nitrogens with zero attached hydrogens (tertiary/aromatic N) is 1. The number of hydrogen-bond acceptors (Lipinski definition) is 4. The van der Waals surface area contributed by atoms with E-state index in [0.29, 0.717) is 30.8 Å². The van der Waals surface area contributed by atoms with E-state index in [1.165, 1.54) is 18.4 Å². The fourth-order valence-corrected chi connectivity index (χ4v) is 4.61. The average molecular weight is 438 g/mol. The summed E-state index contributed by atoms with van der Waals surface area (Å²) in [7, 11) is 1.54. The number of methoxy groups -OCH3 is 1. The Balaban J connectivity index is 1.54. The van der Waals surface area contributed by atoms with Gasteiger partial charge in [-0.3, -0.25) is 9.59 Å². The number of benzene rings is 2. The molecule has 1 atom stereocenters. The molecule has 2 aromatic carbocycles. The molecule has 3 aromatic rings. The van der Waals surface area contributed by atoms with E-state index in [-0.39, 0.29) is 11.8 Å². The van der Waals surface area contributed by atoms with E-state index in [1.807, 2.05) is 29.4 Å². The van der Waals surface area contributed by atoms with Gasteiger partial charge >= 0.3 is 0 Å². The van der Waals surface area contributed by atoms with Gasteiger partial charge in [0, 0.05) is 41.7 Å². The summed E-state index contributed by atoms with van der Waals surface area (Å²) >= 11 is 1.66. The molecule has 2 amide bonds. The number of aromatic amines is 1. The predicted octanol–water partition coefficient (Wildman–Crippen LogP) is 3.61. The minimum absolute atomic E-state index is 0.0340. The van der Waals surface area contributed by atoms with Crippen LogP contribution in [0.1, 0.15) is 28.0 Å². The summed E-state index contributed by atoms with van der Waals surface area (Å²) in [5.41, 5.74) is 3.91. The molecule has 6 nitrogen and oxygen atoms in total. The highest BCUT2D eigenvalue weighted by Crippen LogP contribution is 2.28. The second-order valence-electron chi connectivity index (χ2n) is 7.65. The average Bonchev–Trinajstić information content (AvgIpc) is 3.19. The summed E-state index contributed by atoms with van der Waals surface area (Å²) < 4.78 is 5.31. The van der Waals surface area contributed by atoms with E-state index >= 15 is 0 Å². The molecule has 162 valence electrons. The van der Waals surface area contributed by atoms with Gasteiger partial charge in [-0.15, -0.1) is 0 Å². The lowest BCUT2D eigenvalue weighted by Gasteiger charge is -2.31. The van der Waals surface area contributed by atoms with Crippen molar-refractivity contribution in [3.05, 3.63) is 65.4 Å². The SMILES string of the molecule is COc1ccccc1C(=O)N[C@@H](CCSC)C(=O)N1CCc2[nH]c3ccccc3c2C1. The number of aromatic nitrogens is 1. The van der Waals surface area contributed by atoms with Gasteiger partial charge in [-0.25, -0.2) is 0 Å². The van der Waals surface area contributed by atoms with Crippen molar-refractivity contribution in [1.82, 2.24) is 15.2 Å². The molecule has 0 bridgehead atoms. The normalized spacial score (nSPS) is 14.2. The Hall–Kier alpha value is -2.93. The summed E-state index contributed by atoms with van der Waals surface area (Å²) in [6, 6.07) is 14.7. The van der Waals surface area contributed by atoms with Crippen LogP contribution in [0, 0.1) is 0 Å². The number of carbonyl (C=O) groups excluding carboxylic acids is 2. The number of para-hydroxylation sites is 2. The van der Waals surface area contributed by atoms with Crippen LogP contribution in [0.25, 0.3) is 10.9 Å². The van der Waals surface area contributed by atoms with Gasteiger partial charge in [-0.2, -0.15) is 11.8 Å². The van der Waals surface area contributed by atoms with Crippen LogP contribution in [0.3, 0.4) is 0 Å². The number of H-pyrrole nitrogens is 1. The summed E-state index contributed by atoms with van der Waals surface area (Å²) in [6.07, 6.45) is 3.37. The Kier molecular flexibility index (Phi) is 6.51. The smallest absolute Gasteiger partial charge is 0.255 e. The zero-order chi connectivity index (χ0) is 21.8. The quantitative estimate of drug-likeness (QED) is 0.592. The molecule has 1 aliphatic rings. The molecular formula is C24H27N3O3S. The van der Waals surface area contributed by atoms with E-state index in [4.69, 9.17) is 4.74 Å². The third-order valence-electron chi connectivity index (χ3n) is 5.76. The number of ether oxygens (including phenoxy) is 1. The second-order valence-corrected chi connectivity index (χ2v) is 8.63. The highest BCUT2D eigenvalue weighted by atomic mass is 32.2. The number of carbonyl (C=O) groups is 2. The Bertz CT molecular complexity index is 1090. The first kappa shape index (κ1) is 21.3. The van der Waals surface area contributed by atoms with Gasteiger partial charge in [0.15, 0.2) is 0 Å². The van der Waals surface area contributed by atoms with Crippen LogP contribution in [-0.4, -0.2) is 53.4 Å². The van der Waals surface area contributed by atoms with Crippen molar-refractivity contribution in [1.29, 1.82) is 0 Å². The number of rotatable bonds is 7. The lowest BCUT2D eigenvalue weighted by atomic mass is 10.0. The molecule has 4 rings (SSSR count). The van der Waals surface area contributed by atoms with E-state index in [9.17, 15) is 9.59 Å². The summed E-state index contributed by atoms with van der Waals surface area (Å²) in [5.74, 6) is 0.960. The fraction of sp³-hybridized carbons (Fsp3) is 0.333. The molecule has 0 spiro atoms. The van der Waals surface area contributed by atoms with Crippen molar-refractivity contribution in [2.75, 3.05) is 25.7 Å². The molecule has 0 aliphatic carbocycles. The van der Waals surface area contributed by atoms with Gasteiger partial charge in [0.05, 0.1) is 12.7 Å². The standard InChI is InChI=1S/C24H27N3O3S/c1-30-22-10-6-4-8-17(22)23(28)26-21(12-14-31-2)24(29)27-13-11-20-18(15-27)16-7-3-5-9-19(16)25-20/h3-10,21,25H,11-15H2,1-2H3,(H,26,28)/t21-/m0/s1. The first-order valence-corrected chi connectivity index (χ1v) is 11.8. The first-order chi connectivity index (χ1) is 15.1. The monoisotopic (exact) mass is 437 g/mol.